The number of nitrogens with zero attached hydrogens (tertiary/aromatic N) is 4. The van der Waals surface area contributed by atoms with Crippen molar-refractivity contribution in [3.63, 3.8) is 0 Å². The van der Waals surface area contributed by atoms with E-state index in [9.17, 15) is 0 Å². The number of methoxy groups -OCH3 is 1. The van der Waals surface area contributed by atoms with E-state index in [2.05, 4.69) is 22.1 Å². The molecule has 1 unspecified atom stereocenters. The number of likely N-dealkylation sites (tertiary alicyclic amines) is 1. The third-order valence-corrected chi connectivity index (χ3v) is 3.45. The molecule has 1 fully saturated rings. The van der Waals surface area contributed by atoms with Gasteiger partial charge in [-0.05, 0) is 38.6 Å². The number of hydrogen-bond acceptors (Lipinski definition) is 4. The van der Waals surface area contributed by atoms with Gasteiger partial charge in [-0.25, -0.2) is 4.40 Å². The monoisotopic (exact) mass is 232 g/mol. The molecule has 2 aromatic heterocycles. The minimum Gasteiger partial charge on any atom is -0.482 e. The lowest BCUT2D eigenvalue weighted by Gasteiger charge is -2.18. The molecule has 0 amide bonds. The largest absolute Gasteiger partial charge is 0.482 e. The molecule has 3 heterocycles. The Morgan fingerprint density at radius 1 is 1.35 bits per heavy atom. The van der Waals surface area contributed by atoms with Crippen molar-refractivity contribution in [2.45, 2.75) is 18.9 Å². The Balaban J connectivity index is 2.16. The summed E-state index contributed by atoms with van der Waals surface area (Å²) in [7, 11) is 3.81. The lowest BCUT2D eigenvalue weighted by atomic mass is 10.2. The van der Waals surface area contributed by atoms with Crippen LogP contribution >= 0.6 is 0 Å². The first-order chi connectivity index (χ1) is 8.31. The van der Waals surface area contributed by atoms with Crippen LogP contribution in [0.25, 0.3) is 5.65 Å². The molecule has 0 saturated carbocycles. The topological polar surface area (TPSA) is 42.7 Å². The van der Waals surface area contributed by atoms with Crippen LogP contribution in [0.2, 0.25) is 0 Å². The summed E-state index contributed by atoms with van der Waals surface area (Å²) in [5.74, 6) is 1.78. The van der Waals surface area contributed by atoms with E-state index in [0.29, 0.717) is 6.04 Å². The molecule has 0 bridgehead atoms. The van der Waals surface area contributed by atoms with Gasteiger partial charge in [-0.3, -0.25) is 4.90 Å². The highest BCUT2D eigenvalue weighted by Crippen LogP contribution is 2.30. The maximum atomic E-state index is 5.39. The molecule has 1 atom stereocenters. The van der Waals surface area contributed by atoms with Gasteiger partial charge < -0.3 is 4.74 Å². The van der Waals surface area contributed by atoms with Gasteiger partial charge in [0, 0.05) is 0 Å². The average Bonchev–Trinajstić information content (AvgIpc) is 2.94. The van der Waals surface area contributed by atoms with Gasteiger partial charge in [0.15, 0.2) is 11.5 Å². The summed E-state index contributed by atoms with van der Waals surface area (Å²) in [5.41, 5.74) is 0.847. The highest BCUT2D eigenvalue weighted by Gasteiger charge is 2.27. The predicted molar refractivity (Wildman–Crippen MR) is 64.1 cm³/mol. The van der Waals surface area contributed by atoms with Crippen LogP contribution in [-0.2, 0) is 0 Å². The van der Waals surface area contributed by atoms with Gasteiger partial charge in [0.25, 0.3) is 0 Å². The fourth-order valence-electron chi connectivity index (χ4n) is 2.55. The fourth-order valence-corrected chi connectivity index (χ4v) is 2.55. The van der Waals surface area contributed by atoms with Gasteiger partial charge >= 0.3 is 0 Å². The summed E-state index contributed by atoms with van der Waals surface area (Å²) in [6, 6.07) is 6.18. The first-order valence-corrected chi connectivity index (χ1v) is 5.89. The van der Waals surface area contributed by atoms with Crippen LogP contribution in [0.4, 0.5) is 0 Å². The Bertz CT molecular complexity index is 536. The van der Waals surface area contributed by atoms with Crippen molar-refractivity contribution in [2.24, 2.45) is 0 Å². The van der Waals surface area contributed by atoms with E-state index in [-0.39, 0.29) is 0 Å². The van der Waals surface area contributed by atoms with Crippen molar-refractivity contribution >= 4 is 5.65 Å². The van der Waals surface area contributed by atoms with E-state index < -0.39 is 0 Å². The summed E-state index contributed by atoms with van der Waals surface area (Å²) in [6.07, 6.45) is 2.35. The van der Waals surface area contributed by atoms with Crippen molar-refractivity contribution in [1.29, 1.82) is 0 Å². The number of ether oxygens (including phenoxy) is 1. The van der Waals surface area contributed by atoms with Crippen LogP contribution in [0.3, 0.4) is 0 Å². The Morgan fingerprint density at radius 2 is 2.24 bits per heavy atom. The zero-order valence-corrected chi connectivity index (χ0v) is 10.1. The zero-order chi connectivity index (χ0) is 11.8. The first-order valence-electron chi connectivity index (χ1n) is 5.89. The van der Waals surface area contributed by atoms with Crippen molar-refractivity contribution in [2.75, 3.05) is 20.7 Å². The lowest BCUT2D eigenvalue weighted by Crippen LogP contribution is -2.20. The van der Waals surface area contributed by atoms with Crippen LogP contribution in [0, 0.1) is 0 Å². The van der Waals surface area contributed by atoms with Crippen LogP contribution in [0.1, 0.15) is 24.7 Å². The Morgan fingerprint density at radius 3 is 2.94 bits per heavy atom. The molecule has 0 aliphatic carbocycles. The summed E-state index contributed by atoms with van der Waals surface area (Å²) < 4.78 is 7.39. The summed E-state index contributed by atoms with van der Waals surface area (Å²) in [5, 5.41) is 8.54. The summed E-state index contributed by atoms with van der Waals surface area (Å²) >= 11 is 0. The molecule has 5 nitrogen and oxygen atoms in total. The molecule has 5 heteroatoms. The molecular weight excluding hydrogens is 216 g/mol. The Hall–Kier alpha value is -1.62. The van der Waals surface area contributed by atoms with E-state index >= 15 is 0 Å². The van der Waals surface area contributed by atoms with Gasteiger partial charge in [-0.1, -0.05) is 6.07 Å². The lowest BCUT2D eigenvalue weighted by molar-refractivity contribution is 0.299. The molecule has 1 aliphatic rings. The Kier molecular flexibility index (Phi) is 2.48. The van der Waals surface area contributed by atoms with Gasteiger partial charge in [-0.2, -0.15) is 0 Å². The van der Waals surface area contributed by atoms with Crippen molar-refractivity contribution < 1.29 is 4.74 Å². The zero-order valence-electron chi connectivity index (χ0n) is 10.1. The standard InChI is InChI=1S/C12H16N4O/c1-15-8-4-5-9(15)12-14-13-10-6-3-7-11(17-2)16(10)12/h3,6-7,9H,4-5,8H2,1-2H3. The van der Waals surface area contributed by atoms with Gasteiger partial charge in [-0.15, -0.1) is 10.2 Å². The van der Waals surface area contributed by atoms with Gasteiger partial charge in [0.05, 0.1) is 13.2 Å². The molecule has 0 N–H and O–H groups in total. The quantitative estimate of drug-likeness (QED) is 0.787. The maximum Gasteiger partial charge on any atom is 0.200 e. The van der Waals surface area contributed by atoms with Crippen LogP contribution in [0.5, 0.6) is 5.88 Å². The Labute approximate surface area is 100 Å². The molecule has 1 aliphatic heterocycles. The molecular formula is C12H16N4O. The third kappa shape index (κ3) is 1.58. The van der Waals surface area contributed by atoms with E-state index in [0.717, 1.165) is 30.3 Å². The summed E-state index contributed by atoms with van der Waals surface area (Å²) in [6.45, 7) is 1.12. The molecule has 2 aromatic rings. The number of pyridine rings is 1. The molecule has 90 valence electrons. The van der Waals surface area contributed by atoms with Gasteiger partial charge in [0.1, 0.15) is 0 Å². The van der Waals surface area contributed by atoms with Crippen molar-refractivity contribution in [3.05, 3.63) is 24.0 Å². The molecule has 17 heavy (non-hydrogen) atoms. The minimum absolute atomic E-state index is 0.348. The second-order valence-corrected chi connectivity index (χ2v) is 4.46. The second-order valence-electron chi connectivity index (χ2n) is 4.46. The number of fused-ring (bicyclic) bond motifs is 1. The highest BCUT2D eigenvalue weighted by molar-refractivity contribution is 5.42. The fraction of sp³-hybridized carbons (Fsp3) is 0.500. The van der Waals surface area contributed by atoms with Crippen LogP contribution < -0.4 is 4.74 Å². The first kappa shape index (κ1) is 10.5. The van der Waals surface area contributed by atoms with E-state index in [4.69, 9.17) is 4.74 Å². The highest BCUT2D eigenvalue weighted by atomic mass is 16.5. The van der Waals surface area contributed by atoms with E-state index in [1.165, 1.54) is 6.42 Å². The van der Waals surface area contributed by atoms with Crippen LogP contribution in [0.15, 0.2) is 18.2 Å². The minimum atomic E-state index is 0.348. The molecule has 0 spiro atoms. The van der Waals surface area contributed by atoms with Crippen molar-refractivity contribution in [1.82, 2.24) is 19.5 Å². The molecule has 3 rings (SSSR count). The second kappa shape index (κ2) is 4.00. The number of rotatable bonds is 2. The molecule has 0 aromatic carbocycles. The molecule has 0 radical (unpaired) electrons. The van der Waals surface area contributed by atoms with E-state index in [1.807, 2.05) is 22.6 Å². The molecule has 1 saturated heterocycles. The van der Waals surface area contributed by atoms with Crippen LogP contribution in [-0.4, -0.2) is 40.2 Å². The summed E-state index contributed by atoms with van der Waals surface area (Å²) in [4.78, 5) is 2.32. The number of hydrogen-bond donors (Lipinski definition) is 0. The third-order valence-electron chi connectivity index (χ3n) is 3.45. The van der Waals surface area contributed by atoms with E-state index in [1.54, 1.807) is 7.11 Å². The maximum absolute atomic E-state index is 5.39. The van der Waals surface area contributed by atoms with Gasteiger partial charge in [0.2, 0.25) is 5.88 Å². The van der Waals surface area contributed by atoms with Crippen molar-refractivity contribution in [3.8, 4) is 5.88 Å². The average molecular weight is 232 g/mol. The number of aromatic nitrogens is 3. The smallest absolute Gasteiger partial charge is 0.200 e. The SMILES string of the molecule is COc1cccc2nnc(C3CCCN3C)n12. The normalized spacial score (nSPS) is 21.2. The predicted octanol–water partition coefficient (Wildman–Crippen LogP) is 1.50.